The Labute approximate surface area is 722 Å². The molecule has 0 bridgehead atoms. The SMILES string of the molecule is CC1(C)CC(OC2=NN(OC3CC(C)(C)NC(C)(C)C3)NC(N(CCCCCCN(C3=CC(OC4CC(C)(C)NC(C)(C)C4)=NN(OC4CC(C)(C)NC(C)(C)C4)N3)C3CC(C)(C)NC(C)(C)C3)CCCCCCN(C3=CC(OC4CC(C)(C)NC(C)(C)C4)=NN(OC4CC(C)(C)NC(C)(C)C4)N3)C3CC(C)(C)NC(C)(C)C3)=C2)CC(C)(C)N1. The van der Waals surface area contributed by atoms with Crippen LogP contribution in [0.25, 0.3) is 0 Å². The molecule has 0 amide bonds. The second-order valence-corrected chi connectivity index (χ2v) is 49.4. The third kappa shape index (κ3) is 28.7. The molecular weight excluding hydrogens is 1490 g/mol. The molecule has 0 spiro atoms. The fourth-order valence-corrected chi connectivity index (χ4v) is 24.9. The Morgan fingerprint density at radius 2 is 0.437 bits per heavy atom. The van der Waals surface area contributed by atoms with Crippen molar-refractivity contribution in [2.75, 3.05) is 26.2 Å². The predicted molar refractivity (Wildman–Crippen MR) is 484 cm³/mol. The van der Waals surface area contributed by atoms with Crippen LogP contribution in [0.3, 0.4) is 0 Å². The molecule has 8 fully saturated rings. The van der Waals surface area contributed by atoms with Crippen LogP contribution < -0.4 is 58.8 Å². The molecule has 0 atom stereocenters. The van der Waals surface area contributed by atoms with Gasteiger partial charge in [0.2, 0.25) is 17.7 Å². The quantitative estimate of drug-likeness (QED) is 0.0326. The van der Waals surface area contributed by atoms with Crippen LogP contribution in [0.5, 0.6) is 0 Å². The second-order valence-electron chi connectivity index (χ2n) is 49.4. The van der Waals surface area contributed by atoms with Crippen LogP contribution in [-0.4, -0.2) is 212 Å². The summed E-state index contributed by atoms with van der Waals surface area (Å²) in [5.74, 6) is 4.63. The van der Waals surface area contributed by atoms with Crippen molar-refractivity contribution < 1.29 is 28.7 Å². The van der Waals surface area contributed by atoms with Crippen LogP contribution in [0.1, 0.15) is 376 Å². The standard InChI is InChI=1S/C93H174N20O6/c1-78(2)48-64(49-79(3,4)100-78)109(73-46-76(115-67-54-84(13,14)103-85(15,16)55-67)98-112(95-73)118-70-60-90(25,26)106-91(27,28)61-70)43-39-35-33-37-41-108(72-45-75(114-66-52-82(9,10)102-83(11,12)53-66)97-111(94-72)117-69-58-88(21,22)105-89(23,24)59-69)42-38-34-36-40-44-110(65-50-80(5,6)101-81(7,8)51-65)74-47-77(116-68-56-86(17,18)104-87(19,20)57-68)99-113(96-74)119-71-62-92(29,30)107-93(31,32)63-71/h45-47,64-71,94-96,100-107H,33-44,48-63H2,1-32H3. The summed E-state index contributed by atoms with van der Waals surface area (Å²) in [5, 5.41) is 51.8. The number of hydrogen-bond acceptors (Lipinski definition) is 26. The van der Waals surface area contributed by atoms with E-state index in [2.05, 4.69) is 313 Å². The van der Waals surface area contributed by atoms with Crippen molar-refractivity contribution in [2.24, 2.45) is 15.3 Å². The largest absolute Gasteiger partial charge is 0.473 e. The highest BCUT2D eigenvalue weighted by Crippen LogP contribution is 2.42. The van der Waals surface area contributed by atoms with Gasteiger partial charge in [0.05, 0.1) is 18.3 Å². The lowest BCUT2D eigenvalue weighted by Crippen LogP contribution is -2.63. The number of rotatable bonds is 28. The number of ether oxygens (including phenoxy) is 3. The van der Waals surface area contributed by atoms with Crippen LogP contribution in [0, 0.1) is 0 Å². The molecule has 11 aliphatic heterocycles. The van der Waals surface area contributed by atoms with E-state index in [1.807, 2.05) is 0 Å². The van der Waals surface area contributed by atoms with Gasteiger partial charge in [0.25, 0.3) is 0 Å². The molecule has 26 heteroatoms. The van der Waals surface area contributed by atoms with Crippen molar-refractivity contribution in [2.45, 2.75) is 513 Å². The fourth-order valence-electron chi connectivity index (χ4n) is 24.9. The van der Waals surface area contributed by atoms with Crippen LogP contribution in [0.4, 0.5) is 0 Å². The zero-order chi connectivity index (χ0) is 87.6. The van der Waals surface area contributed by atoms with E-state index in [1.54, 1.807) is 15.8 Å². The topological polar surface area (TPSA) is 244 Å². The van der Waals surface area contributed by atoms with Gasteiger partial charge in [-0.3, -0.25) is 0 Å². The zero-order valence-corrected chi connectivity index (χ0v) is 81.1. The number of hydrazine groups is 3. The van der Waals surface area contributed by atoms with Gasteiger partial charge in [-0.05, 0) is 311 Å². The Kier molecular flexibility index (Phi) is 27.9. The van der Waals surface area contributed by atoms with Gasteiger partial charge in [0.15, 0.2) is 0 Å². The minimum Gasteiger partial charge on any atom is -0.473 e. The van der Waals surface area contributed by atoms with Crippen molar-refractivity contribution >= 4 is 17.7 Å². The molecular formula is C93H174N20O6. The third-order valence-corrected chi connectivity index (χ3v) is 25.8. The van der Waals surface area contributed by atoms with E-state index in [-0.39, 0.29) is 137 Å². The van der Waals surface area contributed by atoms with Crippen LogP contribution >= 0.6 is 0 Å². The summed E-state index contributed by atoms with van der Waals surface area (Å²) in [7, 11) is 0. The molecule has 11 rings (SSSR count). The summed E-state index contributed by atoms with van der Waals surface area (Å²) in [4.78, 5) is 29.0. The van der Waals surface area contributed by atoms with Gasteiger partial charge >= 0.3 is 0 Å². The summed E-state index contributed by atoms with van der Waals surface area (Å²) >= 11 is 0. The number of nitrogens with one attached hydrogen (secondary N) is 11. The summed E-state index contributed by atoms with van der Waals surface area (Å²) < 4.78 is 21.4. The van der Waals surface area contributed by atoms with Gasteiger partial charge in [-0.25, -0.2) is 30.8 Å². The van der Waals surface area contributed by atoms with E-state index in [4.69, 9.17) is 44.0 Å². The van der Waals surface area contributed by atoms with Gasteiger partial charge in [0, 0.05) is 184 Å². The average Bonchev–Trinajstić information content (AvgIpc) is 0.769. The molecule has 682 valence electrons. The normalized spacial score (nSPS) is 28.3. The minimum atomic E-state index is -0.139. The van der Waals surface area contributed by atoms with Crippen molar-refractivity contribution in [3.63, 3.8) is 0 Å². The van der Waals surface area contributed by atoms with E-state index in [9.17, 15) is 0 Å². The molecule has 0 aromatic carbocycles. The molecule has 11 heterocycles. The summed E-state index contributed by atoms with van der Waals surface area (Å²) in [5.41, 5.74) is 9.48. The van der Waals surface area contributed by atoms with Crippen molar-refractivity contribution in [3.05, 3.63) is 35.7 Å². The Morgan fingerprint density at radius 1 is 0.252 bits per heavy atom. The lowest BCUT2D eigenvalue weighted by molar-refractivity contribution is -0.246. The van der Waals surface area contributed by atoms with E-state index in [0.29, 0.717) is 17.7 Å². The van der Waals surface area contributed by atoms with E-state index < -0.39 is 0 Å². The number of hydrazone groups is 3. The van der Waals surface area contributed by atoms with Gasteiger partial charge in [-0.15, -0.1) is 0 Å². The first kappa shape index (κ1) is 95.1. The van der Waals surface area contributed by atoms with E-state index in [0.717, 1.165) is 198 Å². The van der Waals surface area contributed by atoms with Crippen LogP contribution in [0.2, 0.25) is 0 Å². The zero-order valence-electron chi connectivity index (χ0n) is 81.1. The molecule has 119 heavy (non-hydrogen) atoms. The summed E-state index contributed by atoms with van der Waals surface area (Å²) in [6, 6.07) is 0.439. The van der Waals surface area contributed by atoms with Crippen molar-refractivity contribution in [3.8, 4) is 0 Å². The lowest BCUT2D eigenvalue weighted by Gasteiger charge is -2.51. The Morgan fingerprint density at radius 3 is 0.664 bits per heavy atom. The Hall–Kier alpha value is -4.61. The highest BCUT2D eigenvalue weighted by molar-refractivity contribution is 5.89. The molecule has 11 N–H and O–H groups in total. The van der Waals surface area contributed by atoms with Crippen LogP contribution in [0.15, 0.2) is 51.0 Å². The maximum Gasteiger partial charge on any atom is 0.239 e. The number of hydrogen-bond donors (Lipinski definition) is 11. The summed E-state index contributed by atoms with van der Waals surface area (Å²) in [6.07, 6.45) is 28.3. The monoisotopic (exact) mass is 1670 g/mol. The molecule has 0 unspecified atom stereocenters. The molecule has 0 aromatic heterocycles. The highest BCUT2D eigenvalue weighted by atomic mass is 16.8. The van der Waals surface area contributed by atoms with Crippen molar-refractivity contribution in [1.29, 1.82) is 0 Å². The number of unbranched alkanes of at least 4 members (excludes halogenated alkanes) is 6. The average molecular weight is 1670 g/mol. The van der Waals surface area contributed by atoms with Gasteiger partial charge in [-0.2, -0.15) is 0 Å². The second kappa shape index (κ2) is 35.0. The highest BCUT2D eigenvalue weighted by Gasteiger charge is 2.50. The van der Waals surface area contributed by atoms with E-state index >= 15 is 0 Å². The molecule has 26 nitrogen and oxygen atoms in total. The molecule has 0 radical (unpaired) electrons. The van der Waals surface area contributed by atoms with Gasteiger partial charge in [0.1, 0.15) is 35.8 Å². The lowest BCUT2D eigenvalue weighted by atomic mass is 9.79. The van der Waals surface area contributed by atoms with E-state index in [1.165, 1.54) is 0 Å². The number of nitrogens with zero attached hydrogens (tertiary/aromatic N) is 9. The third-order valence-electron chi connectivity index (χ3n) is 25.8. The molecule has 0 aliphatic carbocycles. The first-order chi connectivity index (χ1) is 54.4. The first-order valence-electron chi connectivity index (χ1n) is 46.6. The molecule has 0 aromatic rings. The maximum absolute atomic E-state index is 7.17. The molecule has 11 aliphatic rings. The van der Waals surface area contributed by atoms with Crippen LogP contribution in [-0.2, 0) is 28.7 Å². The maximum atomic E-state index is 7.17. The fraction of sp³-hybridized carbons (Fsp3) is 0.903. The van der Waals surface area contributed by atoms with Gasteiger partial charge < -0.3 is 71.4 Å². The Bertz CT molecular complexity index is 3340. The Balaban J connectivity index is 0.852. The van der Waals surface area contributed by atoms with Gasteiger partial charge in [-0.1, -0.05) is 56.8 Å². The first-order valence-corrected chi connectivity index (χ1v) is 46.6. The molecule has 8 saturated heterocycles. The number of piperidine rings is 8. The smallest absolute Gasteiger partial charge is 0.239 e. The molecule has 0 saturated carbocycles. The predicted octanol–water partition coefficient (Wildman–Crippen LogP) is 15.3. The van der Waals surface area contributed by atoms with Crippen molar-refractivity contribution in [1.82, 2.24) is 89.4 Å². The summed E-state index contributed by atoms with van der Waals surface area (Å²) in [6.45, 7) is 77.1. The minimum absolute atomic E-state index is 0.0385.